The fourth-order valence-corrected chi connectivity index (χ4v) is 8.43. The first-order chi connectivity index (χ1) is 14.3. The van der Waals surface area contributed by atoms with Crippen LogP contribution in [0.1, 0.15) is 38.5 Å². The number of amides is 1. The first-order valence-corrected chi connectivity index (χ1v) is 12.9. The third kappa shape index (κ3) is 4.01. The molecule has 0 aromatic heterocycles. The maximum Gasteiger partial charge on any atom is 0.243 e. The van der Waals surface area contributed by atoms with Crippen LogP contribution in [0.3, 0.4) is 0 Å². The predicted molar refractivity (Wildman–Crippen MR) is 116 cm³/mol. The van der Waals surface area contributed by atoms with Gasteiger partial charge in [-0.15, -0.1) is 0 Å². The van der Waals surface area contributed by atoms with Gasteiger partial charge in [0.2, 0.25) is 15.9 Å². The molecule has 4 aliphatic carbocycles. The zero-order valence-corrected chi connectivity index (χ0v) is 18.8. The van der Waals surface area contributed by atoms with E-state index in [-0.39, 0.29) is 16.3 Å². The monoisotopic (exact) mass is 451 g/mol. The van der Waals surface area contributed by atoms with Crippen LogP contribution in [0.25, 0.3) is 0 Å². The summed E-state index contributed by atoms with van der Waals surface area (Å²) in [5, 5.41) is 3.83. The Labute approximate surface area is 184 Å². The molecule has 1 aromatic carbocycles. The van der Waals surface area contributed by atoms with Crippen molar-refractivity contribution in [3.63, 3.8) is 0 Å². The Morgan fingerprint density at radius 2 is 1.63 bits per heavy atom. The molecule has 1 aromatic rings. The van der Waals surface area contributed by atoms with Crippen LogP contribution in [0.2, 0.25) is 5.02 Å². The first kappa shape index (κ1) is 20.7. The second kappa shape index (κ2) is 7.76. The molecule has 30 heavy (non-hydrogen) atoms. The zero-order chi connectivity index (χ0) is 20.9. The molecule has 0 unspecified atom stereocenters. The van der Waals surface area contributed by atoms with Crippen molar-refractivity contribution < 1.29 is 13.2 Å². The van der Waals surface area contributed by atoms with Crippen LogP contribution in [-0.2, 0) is 14.8 Å². The van der Waals surface area contributed by atoms with Gasteiger partial charge in [-0.2, -0.15) is 4.31 Å². The number of piperazine rings is 1. The molecule has 4 bridgehead atoms. The molecule has 1 N–H and O–H groups in total. The molecule has 6 rings (SSSR count). The summed E-state index contributed by atoms with van der Waals surface area (Å²) >= 11 is 5.96. The largest absolute Gasteiger partial charge is 0.350 e. The van der Waals surface area contributed by atoms with E-state index in [2.05, 4.69) is 10.2 Å². The Bertz CT molecular complexity index is 892. The maximum atomic E-state index is 12.9. The molecule has 1 aliphatic heterocycles. The van der Waals surface area contributed by atoms with Crippen LogP contribution < -0.4 is 5.32 Å². The average Bonchev–Trinajstić information content (AvgIpc) is 2.67. The number of sulfonamides is 1. The van der Waals surface area contributed by atoms with Crippen molar-refractivity contribution >= 4 is 27.5 Å². The van der Waals surface area contributed by atoms with E-state index < -0.39 is 10.0 Å². The fraction of sp³-hybridized carbons (Fsp3) is 0.682. The molecule has 1 heterocycles. The lowest BCUT2D eigenvalue weighted by atomic mass is 9.53. The topological polar surface area (TPSA) is 69.7 Å². The number of halogens is 1. The van der Waals surface area contributed by atoms with E-state index in [1.165, 1.54) is 29.6 Å². The summed E-state index contributed by atoms with van der Waals surface area (Å²) in [5.41, 5.74) is 0.0313. The van der Waals surface area contributed by atoms with Gasteiger partial charge in [0, 0.05) is 36.7 Å². The van der Waals surface area contributed by atoms with E-state index in [9.17, 15) is 13.2 Å². The third-order valence-electron chi connectivity index (χ3n) is 7.58. The average molecular weight is 452 g/mol. The van der Waals surface area contributed by atoms with Crippen molar-refractivity contribution in [3.8, 4) is 0 Å². The Morgan fingerprint density at radius 3 is 2.20 bits per heavy atom. The first-order valence-electron chi connectivity index (χ1n) is 11.1. The number of carbonyl (C=O) groups excluding carboxylic acids is 1. The molecule has 0 spiro atoms. The summed E-state index contributed by atoms with van der Waals surface area (Å²) in [6.07, 6.45) is 7.53. The van der Waals surface area contributed by atoms with Gasteiger partial charge in [-0.25, -0.2) is 8.42 Å². The van der Waals surface area contributed by atoms with Gasteiger partial charge in [-0.3, -0.25) is 9.69 Å². The molecule has 8 heteroatoms. The molecule has 164 valence electrons. The van der Waals surface area contributed by atoms with Crippen LogP contribution in [0.4, 0.5) is 0 Å². The summed E-state index contributed by atoms with van der Waals surface area (Å²) < 4.78 is 27.2. The highest BCUT2D eigenvalue weighted by Gasteiger charge is 2.51. The van der Waals surface area contributed by atoms with Crippen molar-refractivity contribution in [2.45, 2.75) is 49.0 Å². The molecule has 4 saturated carbocycles. The minimum atomic E-state index is -3.55. The van der Waals surface area contributed by atoms with Crippen molar-refractivity contribution in [2.24, 2.45) is 17.8 Å². The fourth-order valence-electron chi connectivity index (χ4n) is 6.71. The molecular weight excluding hydrogens is 422 g/mol. The molecular formula is C22H30ClN3O3S. The second-order valence-electron chi connectivity index (χ2n) is 9.88. The van der Waals surface area contributed by atoms with Gasteiger partial charge in [-0.05, 0) is 74.5 Å². The number of hydrogen-bond acceptors (Lipinski definition) is 4. The van der Waals surface area contributed by atoms with E-state index in [0.717, 1.165) is 37.0 Å². The predicted octanol–water partition coefficient (Wildman–Crippen LogP) is 2.73. The Hall–Kier alpha value is -1.15. The van der Waals surface area contributed by atoms with E-state index >= 15 is 0 Å². The highest BCUT2D eigenvalue weighted by Crippen LogP contribution is 2.55. The van der Waals surface area contributed by atoms with Crippen LogP contribution in [0, 0.1) is 17.8 Å². The van der Waals surface area contributed by atoms with E-state index in [4.69, 9.17) is 11.6 Å². The molecule has 0 radical (unpaired) electrons. The number of carbonyl (C=O) groups is 1. The lowest BCUT2D eigenvalue weighted by molar-refractivity contribution is -0.128. The van der Waals surface area contributed by atoms with Crippen LogP contribution in [0.5, 0.6) is 0 Å². The number of nitrogens with zero attached hydrogens (tertiary/aromatic N) is 2. The minimum absolute atomic E-state index is 0.0313. The molecule has 5 aliphatic rings. The van der Waals surface area contributed by atoms with Crippen molar-refractivity contribution in [3.05, 3.63) is 29.3 Å². The van der Waals surface area contributed by atoms with Crippen molar-refractivity contribution in [2.75, 3.05) is 32.7 Å². The third-order valence-corrected chi connectivity index (χ3v) is 9.70. The highest BCUT2D eigenvalue weighted by molar-refractivity contribution is 7.89. The molecule has 0 atom stereocenters. The van der Waals surface area contributed by atoms with Gasteiger partial charge in [0.25, 0.3) is 0 Å². The van der Waals surface area contributed by atoms with Crippen LogP contribution in [0.15, 0.2) is 29.2 Å². The SMILES string of the molecule is O=C(CN1CCN(S(=O)(=O)c2cccc(Cl)c2)CC1)NC12CC3CC(CC(C3)C1)C2. The normalized spacial score (nSPS) is 34.2. The van der Waals surface area contributed by atoms with Gasteiger partial charge in [0.05, 0.1) is 11.4 Å². The summed E-state index contributed by atoms with van der Waals surface area (Å²) in [7, 11) is -3.55. The smallest absolute Gasteiger partial charge is 0.243 e. The maximum absolute atomic E-state index is 12.9. The van der Waals surface area contributed by atoms with Gasteiger partial charge >= 0.3 is 0 Å². The van der Waals surface area contributed by atoms with E-state index in [0.29, 0.717) is 37.7 Å². The van der Waals surface area contributed by atoms with Gasteiger partial charge in [0.15, 0.2) is 0 Å². The molecule has 5 fully saturated rings. The zero-order valence-electron chi connectivity index (χ0n) is 17.2. The summed E-state index contributed by atoms with van der Waals surface area (Å²) in [6.45, 7) is 2.26. The van der Waals surface area contributed by atoms with Crippen molar-refractivity contribution in [1.82, 2.24) is 14.5 Å². The Morgan fingerprint density at radius 1 is 1.03 bits per heavy atom. The Kier molecular flexibility index (Phi) is 5.37. The summed E-state index contributed by atoms with van der Waals surface area (Å²) in [4.78, 5) is 15.1. The van der Waals surface area contributed by atoms with Gasteiger partial charge in [-0.1, -0.05) is 17.7 Å². The second-order valence-corrected chi connectivity index (χ2v) is 12.3. The van der Waals surface area contributed by atoms with Crippen molar-refractivity contribution in [1.29, 1.82) is 0 Å². The highest BCUT2D eigenvalue weighted by atomic mass is 35.5. The number of hydrogen-bond donors (Lipinski definition) is 1. The molecule has 6 nitrogen and oxygen atoms in total. The van der Waals surface area contributed by atoms with Gasteiger partial charge in [0.1, 0.15) is 0 Å². The van der Waals surface area contributed by atoms with Gasteiger partial charge < -0.3 is 5.32 Å². The summed E-state index contributed by atoms with van der Waals surface area (Å²) in [6, 6.07) is 6.38. The van der Waals surface area contributed by atoms with E-state index in [1.807, 2.05) is 0 Å². The van der Waals surface area contributed by atoms with Crippen LogP contribution >= 0.6 is 11.6 Å². The minimum Gasteiger partial charge on any atom is -0.350 e. The number of rotatable bonds is 5. The number of nitrogens with one attached hydrogen (secondary N) is 1. The lowest BCUT2D eigenvalue weighted by Gasteiger charge is -2.57. The summed E-state index contributed by atoms with van der Waals surface area (Å²) in [5.74, 6) is 2.51. The van der Waals surface area contributed by atoms with E-state index in [1.54, 1.807) is 18.2 Å². The standard InChI is InChI=1S/C22H30ClN3O3S/c23-19-2-1-3-20(11-19)30(28,29)26-6-4-25(5-7-26)15-21(27)24-22-12-16-8-17(13-22)10-18(9-16)14-22/h1-3,11,16-18H,4-10,12-15H2,(H,24,27). The molecule has 1 saturated heterocycles. The number of benzene rings is 1. The Balaban J connectivity index is 1.15. The quantitative estimate of drug-likeness (QED) is 0.747. The lowest BCUT2D eigenvalue weighted by Crippen LogP contribution is -2.61. The molecule has 1 amide bonds. The van der Waals surface area contributed by atoms with Crippen LogP contribution in [-0.4, -0.2) is 61.8 Å².